The molecule has 0 atom stereocenters. The maximum absolute atomic E-state index is 13.2. The summed E-state index contributed by atoms with van der Waals surface area (Å²) in [4.78, 5) is 0. The zero-order chi connectivity index (χ0) is 11.7. The summed E-state index contributed by atoms with van der Waals surface area (Å²) in [5.41, 5.74) is 2.36. The number of nitrogens with zero attached hydrogens (tertiary/aromatic N) is 1. The van der Waals surface area contributed by atoms with Crippen LogP contribution in [0.15, 0.2) is 36.5 Å². The van der Waals surface area contributed by atoms with Gasteiger partial charge in [0, 0.05) is 17.7 Å². The third-order valence-corrected chi connectivity index (χ3v) is 2.58. The molecule has 0 radical (unpaired) electrons. The quantitative estimate of drug-likeness (QED) is 0.651. The summed E-state index contributed by atoms with van der Waals surface area (Å²) < 4.78 is 27.9. The smallest absolute Gasteiger partial charge is 0.207 e. The molecule has 2 rings (SSSR count). The lowest BCUT2D eigenvalue weighted by atomic mass is 10.0. The Morgan fingerprint density at radius 1 is 1.00 bits per heavy atom. The van der Waals surface area contributed by atoms with E-state index >= 15 is 0 Å². The van der Waals surface area contributed by atoms with Gasteiger partial charge in [0.05, 0.1) is 0 Å². The molecule has 0 aliphatic rings. The second-order valence-electron chi connectivity index (χ2n) is 3.80. The Kier molecular flexibility index (Phi) is 2.69. The summed E-state index contributed by atoms with van der Waals surface area (Å²) in [6.07, 6.45) is 1.65. The van der Waals surface area contributed by atoms with E-state index in [1.165, 1.54) is 24.3 Å². The Labute approximate surface area is 93.0 Å². The van der Waals surface area contributed by atoms with Crippen molar-refractivity contribution in [1.82, 2.24) is 0 Å². The Hall–Kier alpha value is -1.77. The first-order valence-corrected chi connectivity index (χ1v) is 4.99. The van der Waals surface area contributed by atoms with E-state index in [0.717, 1.165) is 16.8 Å². The van der Waals surface area contributed by atoms with E-state index in [1.807, 2.05) is 18.5 Å². The second-order valence-corrected chi connectivity index (χ2v) is 3.80. The van der Waals surface area contributed by atoms with Gasteiger partial charge in [-0.1, -0.05) is 0 Å². The summed E-state index contributed by atoms with van der Waals surface area (Å²) in [6, 6.07) is 7.33. The van der Waals surface area contributed by atoms with Crippen LogP contribution < -0.4 is 4.57 Å². The maximum Gasteiger partial charge on any atom is 0.215 e. The molecule has 0 aliphatic carbocycles. The number of benzene rings is 1. The van der Waals surface area contributed by atoms with Gasteiger partial charge in [-0.3, -0.25) is 0 Å². The summed E-state index contributed by atoms with van der Waals surface area (Å²) in [5.74, 6) is -0.572. The molecule has 0 spiro atoms. The molecule has 0 bridgehead atoms. The zero-order valence-electron chi connectivity index (χ0n) is 9.17. The van der Waals surface area contributed by atoms with Crippen LogP contribution in [-0.4, -0.2) is 0 Å². The Morgan fingerprint density at radius 2 is 1.69 bits per heavy atom. The number of hydrogen-bond donors (Lipinski definition) is 0. The fraction of sp³-hybridized carbons (Fsp3) is 0.154. The number of hydrogen-bond acceptors (Lipinski definition) is 0. The Balaban J connectivity index is 2.62. The van der Waals surface area contributed by atoms with E-state index in [4.69, 9.17) is 0 Å². The fourth-order valence-corrected chi connectivity index (χ4v) is 1.73. The number of halogens is 2. The molecule has 0 saturated heterocycles. The largest absolute Gasteiger partial charge is 0.215 e. The normalized spacial score (nSPS) is 10.5. The fourth-order valence-electron chi connectivity index (χ4n) is 1.73. The topological polar surface area (TPSA) is 3.88 Å². The van der Waals surface area contributed by atoms with Crippen molar-refractivity contribution in [1.29, 1.82) is 0 Å². The molecule has 1 aromatic heterocycles. The summed E-state index contributed by atoms with van der Waals surface area (Å²) in [6.45, 7) is 1.81. The van der Waals surface area contributed by atoms with E-state index in [-0.39, 0.29) is 11.6 Å². The summed E-state index contributed by atoms with van der Waals surface area (Å²) >= 11 is 0. The van der Waals surface area contributed by atoms with Crippen molar-refractivity contribution in [2.45, 2.75) is 6.92 Å². The lowest BCUT2D eigenvalue weighted by Gasteiger charge is -2.04. The van der Waals surface area contributed by atoms with Crippen LogP contribution in [-0.2, 0) is 7.05 Å². The molecule has 3 heteroatoms. The first-order chi connectivity index (χ1) is 7.58. The average Bonchev–Trinajstić information content (AvgIpc) is 2.22. The lowest BCUT2D eigenvalue weighted by molar-refractivity contribution is -0.660. The van der Waals surface area contributed by atoms with Crippen LogP contribution in [0.25, 0.3) is 11.3 Å². The minimum Gasteiger partial charge on any atom is -0.207 e. The zero-order valence-corrected chi connectivity index (χ0v) is 9.17. The van der Waals surface area contributed by atoms with E-state index in [9.17, 15) is 8.78 Å². The number of rotatable bonds is 1. The van der Waals surface area contributed by atoms with E-state index in [1.54, 1.807) is 12.3 Å². The highest BCUT2D eigenvalue weighted by Gasteiger charge is 2.13. The Bertz CT molecular complexity index is 535. The van der Waals surface area contributed by atoms with Crippen molar-refractivity contribution < 1.29 is 13.3 Å². The molecule has 0 N–H and O–H groups in total. The van der Waals surface area contributed by atoms with Crippen molar-refractivity contribution in [3.63, 3.8) is 0 Å². The van der Waals surface area contributed by atoms with Crippen molar-refractivity contribution in [3.05, 3.63) is 53.7 Å². The Morgan fingerprint density at radius 3 is 2.38 bits per heavy atom. The van der Waals surface area contributed by atoms with Crippen molar-refractivity contribution in [2.24, 2.45) is 7.05 Å². The van der Waals surface area contributed by atoms with E-state index in [0.29, 0.717) is 0 Å². The lowest BCUT2D eigenvalue weighted by Crippen LogP contribution is -2.30. The molecule has 0 fully saturated rings. The minimum absolute atomic E-state index is 0.277. The number of aromatic nitrogens is 1. The van der Waals surface area contributed by atoms with Crippen molar-refractivity contribution in [3.8, 4) is 11.3 Å². The van der Waals surface area contributed by atoms with Crippen molar-refractivity contribution in [2.75, 3.05) is 0 Å². The monoisotopic (exact) mass is 220 g/mol. The number of pyridine rings is 1. The molecule has 0 amide bonds. The van der Waals surface area contributed by atoms with Gasteiger partial charge in [0.25, 0.3) is 0 Å². The molecule has 0 unspecified atom stereocenters. The van der Waals surface area contributed by atoms with Crippen LogP contribution in [0.5, 0.6) is 0 Å². The van der Waals surface area contributed by atoms with Gasteiger partial charge in [0.1, 0.15) is 18.7 Å². The molecule has 0 saturated carbocycles. The van der Waals surface area contributed by atoms with Gasteiger partial charge >= 0.3 is 0 Å². The first kappa shape index (κ1) is 10.7. The highest BCUT2D eigenvalue weighted by molar-refractivity contribution is 5.60. The van der Waals surface area contributed by atoms with Crippen LogP contribution in [0.3, 0.4) is 0 Å². The molecule has 82 valence electrons. The standard InChI is InChI=1S/C13H12F2N/c1-9-7-10(14)3-4-12(9)13-8-11(15)5-6-16(13)2/h3-8H,1-2H3/q+1. The third kappa shape index (κ3) is 1.94. The molecule has 0 aliphatic heterocycles. The molecule has 1 aromatic carbocycles. The predicted octanol–water partition coefficient (Wildman–Crippen LogP) is 2.76. The molecule has 1 heterocycles. The molecule has 1 nitrogen and oxygen atoms in total. The first-order valence-electron chi connectivity index (χ1n) is 4.99. The van der Waals surface area contributed by atoms with Crippen LogP contribution >= 0.6 is 0 Å². The van der Waals surface area contributed by atoms with Gasteiger partial charge in [-0.25, -0.2) is 13.3 Å². The van der Waals surface area contributed by atoms with E-state index < -0.39 is 0 Å². The van der Waals surface area contributed by atoms with Crippen LogP contribution in [0.1, 0.15) is 5.56 Å². The minimum atomic E-state index is -0.295. The molecule has 16 heavy (non-hydrogen) atoms. The molecule has 2 aromatic rings. The average molecular weight is 220 g/mol. The van der Waals surface area contributed by atoms with Crippen molar-refractivity contribution >= 4 is 0 Å². The highest BCUT2D eigenvalue weighted by atomic mass is 19.1. The predicted molar refractivity (Wildman–Crippen MR) is 57.7 cm³/mol. The third-order valence-electron chi connectivity index (χ3n) is 2.58. The SMILES string of the molecule is Cc1cc(F)ccc1-c1cc(F)cc[n+]1C. The van der Waals surface area contributed by atoms with Gasteiger partial charge in [-0.05, 0) is 30.7 Å². The van der Waals surface area contributed by atoms with Gasteiger partial charge in [0.15, 0.2) is 6.20 Å². The highest BCUT2D eigenvalue weighted by Crippen LogP contribution is 2.21. The van der Waals surface area contributed by atoms with Crippen LogP contribution in [0.4, 0.5) is 8.78 Å². The van der Waals surface area contributed by atoms with Gasteiger partial charge < -0.3 is 0 Å². The van der Waals surface area contributed by atoms with Crippen LogP contribution in [0.2, 0.25) is 0 Å². The summed E-state index contributed by atoms with van der Waals surface area (Å²) in [7, 11) is 1.83. The van der Waals surface area contributed by atoms with Gasteiger partial charge in [-0.15, -0.1) is 0 Å². The number of aryl methyl sites for hydroxylation is 2. The molecular weight excluding hydrogens is 208 g/mol. The second kappa shape index (κ2) is 4.00. The maximum atomic E-state index is 13.2. The molecular formula is C13H12F2N+. The van der Waals surface area contributed by atoms with Gasteiger partial charge in [0.2, 0.25) is 5.69 Å². The summed E-state index contributed by atoms with van der Waals surface area (Å²) in [5, 5.41) is 0. The van der Waals surface area contributed by atoms with Crippen LogP contribution in [0, 0.1) is 18.6 Å². The van der Waals surface area contributed by atoms with E-state index in [2.05, 4.69) is 0 Å². The van der Waals surface area contributed by atoms with Gasteiger partial charge in [-0.2, -0.15) is 0 Å².